The van der Waals surface area contributed by atoms with Gasteiger partial charge in [0.1, 0.15) is 12.2 Å². The second-order valence-corrected chi connectivity index (χ2v) is 6.96. The lowest BCUT2D eigenvalue weighted by atomic mass is 10.1. The summed E-state index contributed by atoms with van der Waals surface area (Å²) in [7, 11) is 0.938. The molecule has 7 nitrogen and oxygen atoms in total. The van der Waals surface area contributed by atoms with Crippen LogP contribution in [0.5, 0.6) is 0 Å². The average molecular weight is 395 g/mol. The van der Waals surface area contributed by atoms with E-state index in [2.05, 4.69) is 10.3 Å². The van der Waals surface area contributed by atoms with Gasteiger partial charge in [0.15, 0.2) is 0 Å². The Bertz CT molecular complexity index is 1280. The van der Waals surface area contributed by atoms with E-state index in [-0.39, 0.29) is 18.2 Å². The monoisotopic (exact) mass is 395 g/mol. The van der Waals surface area contributed by atoms with E-state index < -0.39 is 0 Å². The summed E-state index contributed by atoms with van der Waals surface area (Å²) >= 11 is 0. The molecule has 0 spiro atoms. The number of anilines is 3. The number of hydrogen-bond donors (Lipinski definition) is 2. The molecule has 2 amide bonds. The zero-order chi connectivity index (χ0) is 20.7. The molecule has 0 fully saturated rings. The minimum atomic E-state index is -0.336. The first kappa shape index (κ1) is 18.1. The molecule has 8 heteroatoms. The third kappa shape index (κ3) is 2.94. The summed E-state index contributed by atoms with van der Waals surface area (Å²) in [6, 6.07) is 18.8. The van der Waals surface area contributed by atoms with Crippen molar-refractivity contribution in [3.05, 3.63) is 73.1 Å². The van der Waals surface area contributed by atoms with Crippen LogP contribution >= 0.6 is 0 Å². The fourth-order valence-corrected chi connectivity index (χ4v) is 3.78. The minimum absolute atomic E-state index is 0.241. The topological polar surface area (TPSA) is 87.5 Å². The Hall–Kier alpha value is -3.91. The number of fused-ring (bicyclic) bond motifs is 3. The third-order valence-corrected chi connectivity index (χ3v) is 5.15. The largest absolute Gasteiger partial charge is 0.441 e. The highest BCUT2D eigenvalue weighted by molar-refractivity contribution is 6.24. The van der Waals surface area contributed by atoms with Crippen molar-refractivity contribution < 1.29 is 14.6 Å². The van der Waals surface area contributed by atoms with Gasteiger partial charge in [-0.2, -0.15) is 0 Å². The summed E-state index contributed by atoms with van der Waals surface area (Å²) in [6.45, 7) is 0. The number of imidazole rings is 1. The van der Waals surface area contributed by atoms with E-state index >= 15 is 0 Å². The number of carbonyl (C=O) groups excluding carboxylic acids is 2. The Morgan fingerprint density at radius 2 is 1.80 bits per heavy atom. The standard InChI is InChI=1S/C22H16BN4O3/c28-19-13-20(29)27(18-10-7-14-3-1-2-4-17(14)21(18)25-19)16-8-5-15(6-9-16)22-24-11-12-26(22)23-30/h1-12,30H,13H2,(H,25,28). The van der Waals surface area contributed by atoms with Gasteiger partial charge in [-0.3, -0.25) is 14.5 Å². The summed E-state index contributed by atoms with van der Waals surface area (Å²) < 4.78 is 1.50. The van der Waals surface area contributed by atoms with Gasteiger partial charge >= 0.3 is 7.62 Å². The molecule has 0 aliphatic carbocycles. The SMILES string of the molecule is O=C1CC(=O)N(c2ccc(-c3nccn3[B]O)cc2)c2ccc3ccccc3c2N1. The molecule has 2 heterocycles. The summed E-state index contributed by atoms with van der Waals surface area (Å²) in [6.07, 6.45) is 2.99. The maximum Gasteiger partial charge on any atom is 0.441 e. The van der Waals surface area contributed by atoms with Gasteiger partial charge in [0.2, 0.25) is 11.8 Å². The molecule has 0 unspecified atom stereocenters. The van der Waals surface area contributed by atoms with Gasteiger partial charge in [-0.25, -0.2) is 4.98 Å². The Labute approximate surface area is 172 Å². The lowest BCUT2D eigenvalue weighted by Gasteiger charge is -2.23. The molecule has 2 N–H and O–H groups in total. The van der Waals surface area contributed by atoms with Gasteiger partial charge in [0, 0.05) is 29.0 Å². The van der Waals surface area contributed by atoms with Crippen molar-refractivity contribution in [2.75, 3.05) is 10.2 Å². The number of nitrogens with one attached hydrogen (secondary N) is 1. The van der Waals surface area contributed by atoms with E-state index in [0.717, 1.165) is 24.0 Å². The number of carbonyl (C=O) groups is 2. The van der Waals surface area contributed by atoms with Gasteiger partial charge < -0.3 is 14.8 Å². The molecular weight excluding hydrogens is 379 g/mol. The van der Waals surface area contributed by atoms with Crippen molar-refractivity contribution in [1.29, 1.82) is 0 Å². The van der Waals surface area contributed by atoms with E-state index in [0.29, 0.717) is 22.9 Å². The van der Waals surface area contributed by atoms with Crippen molar-refractivity contribution in [1.82, 2.24) is 9.46 Å². The molecule has 0 saturated heterocycles. The fourth-order valence-electron chi connectivity index (χ4n) is 3.78. The number of aromatic nitrogens is 2. The van der Waals surface area contributed by atoms with Gasteiger partial charge in [0.25, 0.3) is 0 Å². The molecule has 0 bridgehead atoms. The predicted molar refractivity (Wildman–Crippen MR) is 115 cm³/mol. The number of nitrogens with zero attached hydrogens (tertiary/aromatic N) is 3. The third-order valence-electron chi connectivity index (χ3n) is 5.15. The van der Waals surface area contributed by atoms with Gasteiger partial charge in [0.05, 0.1) is 11.4 Å². The molecule has 145 valence electrons. The van der Waals surface area contributed by atoms with Crippen LogP contribution in [0.25, 0.3) is 22.2 Å². The Kier molecular flexibility index (Phi) is 4.33. The molecule has 0 saturated carbocycles. The highest BCUT2D eigenvalue weighted by Gasteiger charge is 2.28. The number of amides is 2. The van der Waals surface area contributed by atoms with Gasteiger partial charge in [-0.05, 0) is 35.7 Å². The van der Waals surface area contributed by atoms with E-state index in [1.165, 1.54) is 4.48 Å². The van der Waals surface area contributed by atoms with Crippen LogP contribution in [0.4, 0.5) is 17.1 Å². The molecule has 1 aromatic heterocycles. The predicted octanol–water partition coefficient (Wildman–Crippen LogP) is 3.08. The first-order chi connectivity index (χ1) is 14.7. The number of hydrogen-bond acceptors (Lipinski definition) is 4. The Morgan fingerprint density at radius 1 is 1.00 bits per heavy atom. The van der Waals surface area contributed by atoms with Crippen LogP contribution in [-0.4, -0.2) is 33.9 Å². The molecular formula is C22H16BN4O3. The Balaban J connectivity index is 1.63. The smallest absolute Gasteiger partial charge is 0.435 e. The van der Waals surface area contributed by atoms with E-state index in [9.17, 15) is 14.6 Å². The maximum absolute atomic E-state index is 12.9. The molecule has 30 heavy (non-hydrogen) atoms. The van der Waals surface area contributed by atoms with Crippen LogP contribution in [0, 0.1) is 0 Å². The summed E-state index contributed by atoms with van der Waals surface area (Å²) in [5.74, 6) is -0.0637. The lowest BCUT2D eigenvalue weighted by molar-refractivity contribution is -0.124. The normalized spacial score (nSPS) is 13.7. The average Bonchev–Trinajstić information content (AvgIpc) is 3.19. The van der Waals surface area contributed by atoms with Gasteiger partial charge in [-0.15, -0.1) is 0 Å². The van der Waals surface area contributed by atoms with Crippen LogP contribution in [0.15, 0.2) is 73.1 Å². The zero-order valence-electron chi connectivity index (χ0n) is 15.8. The van der Waals surface area contributed by atoms with Crippen LogP contribution in [0.1, 0.15) is 6.42 Å². The number of benzene rings is 3. The summed E-state index contributed by atoms with van der Waals surface area (Å²) in [5.41, 5.74) is 2.67. The second kappa shape index (κ2) is 7.16. The van der Waals surface area contributed by atoms with Crippen molar-refractivity contribution >= 4 is 47.3 Å². The van der Waals surface area contributed by atoms with E-state index in [1.54, 1.807) is 29.4 Å². The maximum atomic E-state index is 12.9. The van der Waals surface area contributed by atoms with E-state index in [1.807, 2.05) is 48.5 Å². The van der Waals surface area contributed by atoms with Crippen molar-refractivity contribution in [3.8, 4) is 11.4 Å². The highest BCUT2D eigenvalue weighted by Crippen LogP contribution is 2.40. The number of rotatable bonds is 3. The van der Waals surface area contributed by atoms with Crippen LogP contribution in [0.3, 0.4) is 0 Å². The molecule has 0 atom stereocenters. The fraction of sp³-hybridized carbons (Fsp3) is 0.0455. The minimum Gasteiger partial charge on any atom is -0.435 e. The summed E-state index contributed by atoms with van der Waals surface area (Å²) in [4.78, 5) is 31.1. The first-order valence-corrected chi connectivity index (χ1v) is 9.41. The quantitative estimate of drug-likeness (QED) is 0.412. The summed E-state index contributed by atoms with van der Waals surface area (Å²) in [5, 5.41) is 14.1. The lowest BCUT2D eigenvalue weighted by Crippen LogP contribution is -2.26. The Morgan fingerprint density at radius 3 is 2.60 bits per heavy atom. The van der Waals surface area contributed by atoms with Crippen molar-refractivity contribution in [2.24, 2.45) is 0 Å². The van der Waals surface area contributed by atoms with E-state index in [4.69, 9.17) is 0 Å². The molecule has 1 aliphatic rings. The molecule has 4 aromatic rings. The second-order valence-electron chi connectivity index (χ2n) is 6.96. The van der Waals surface area contributed by atoms with Crippen molar-refractivity contribution in [2.45, 2.75) is 6.42 Å². The zero-order valence-corrected chi connectivity index (χ0v) is 15.8. The molecule has 5 rings (SSSR count). The first-order valence-electron chi connectivity index (χ1n) is 9.41. The van der Waals surface area contributed by atoms with Crippen LogP contribution in [-0.2, 0) is 9.59 Å². The van der Waals surface area contributed by atoms with Gasteiger partial charge in [-0.1, -0.05) is 30.3 Å². The van der Waals surface area contributed by atoms with Crippen LogP contribution in [0.2, 0.25) is 0 Å². The van der Waals surface area contributed by atoms with Crippen molar-refractivity contribution in [3.63, 3.8) is 0 Å². The molecule has 1 aliphatic heterocycles. The highest BCUT2D eigenvalue weighted by atomic mass is 16.2. The molecule has 1 radical (unpaired) electrons. The van der Waals surface area contributed by atoms with Crippen LogP contribution < -0.4 is 10.2 Å². The molecule has 3 aromatic carbocycles.